The van der Waals surface area contributed by atoms with Gasteiger partial charge in [-0.15, -0.1) is 0 Å². The summed E-state index contributed by atoms with van der Waals surface area (Å²) in [4.78, 5) is 16.6. The Bertz CT molecular complexity index is 499. The Kier molecular flexibility index (Phi) is 5.48. The molecule has 1 aromatic rings. The van der Waals surface area contributed by atoms with E-state index in [2.05, 4.69) is 11.8 Å². The zero-order valence-electron chi connectivity index (χ0n) is 12.9. The number of likely N-dealkylation sites (N-methyl/N-ethyl adjacent to an activating group) is 1. The summed E-state index contributed by atoms with van der Waals surface area (Å²) in [6, 6.07) is 5.58. The number of carbonyl (C=O) groups excluding carboxylic acids is 1. The minimum absolute atomic E-state index is 0.0309. The minimum Gasteiger partial charge on any atom is -0.479 e. The Morgan fingerprint density at radius 2 is 2.00 bits per heavy atom. The van der Waals surface area contributed by atoms with Crippen molar-refractivity contribution < 1.29 is 9.53 Å². The lowest BCUT2D eigenvalue weighted by Crippen LogP contribution is -2.51. The van der Waals surface area contributed by atoms with E-state index in [1.807, 2.05) is 24.0 Å². The molecular weight excluding hydrogens is 288 g/mol. The van der Waals surface area contributed by atoms with Gasteiger partial charge in [-0.05, 0) is 38.1 Å². The van der Waals surface area contributed by atoms with Crippen molar-refractivity contribution in [3.8, 4) is 5.75 Å². The predicted molar refractivity (Wildman–Crippen MR) is 85.0 cm³/mol. The summed E-state index contributed by atoms with van der Waals surface area (Å²) in [7, 11) is 0. The zero-order valence-corrected chi connectivity index (χ0v) is 13.7. The molecule has 1 atom stereocenters. The number of carbonyl (C=O) groups is 1. The first-order valence-corrected chi connectivity index (χ1v) is 7.83. The molecule has 1 fully saturated rings. The van der Waals surface area contributed by atoms with Crippen LogP contribution < -0.4 is 4.74 Å². The monoisotopic (exact) mass is 310 g/mol. The first kappa shape index (κ1) is 16.1. The number of benzene rings is 1. The molecule has 1 saturated heterocycles. The van der Waals surface area contributed by atoms with Crippen molar-refractivity contribution in [2.45, 2.75) is 26.9 Å². The number of ether oxygens (including phenoxy) is 1. The quantitative estimate of drug-likeness (QED) is 0.857. The van der Waals surface area contributed by atoms with Crippen LogP contribution >= 0.6 is 11.6 Å². The lowest BCUT2D eigenvalue weighted by molar-refractivity contribution is -0.139. The summed E-state index contributed by atoms with van der Waals surface area (Å²) in [5.41, 5.74) is 1.06. The second kappa shape index (κ2) is 7.14. The highest BCUT2D eigenvalue weighted by Gasteiger charge is 2.25. The molecule has 0 bridgehead atoms. The second-order valence-corrected chi connectivity index (χ2v) is 5.86. The summed E-state index contributed by atoms with van der Waals surface area (Å²) in [5, 5.41) is 0.538. The van der Waals surface area contributed by atoms with Crippen LogP contribution in [0.4, 0.5) is 0 Å². The Hall–Kier alpha value is -1.26. The summed E-state index contributed by atoms with van der Waals surface area (Å²) in [6.07, 6.45) is -0.516. The summed E-state index contributed by atoms with van der Waals surface area (Å²) >= 11 is 6.11. The summed E-state index contributed by atoms with van der Waals surface area (Å²) in [6.45, 7) is 10.3. The fraction of sp³-hybridized carbons (Fsp3) is 0.562. The van der Waals surface area contributed by atoms with Crippen molar-refractivity contribution >= 4 is 17.5 Å². The van der Waals surface area contributed by atoms with Gasteiger partial charge in [0, 0.05) is 26.2 Å². The van der Waals surface area contributed by atoms with Gasteiger partial charge in [-0.25, -0.2) is 0 Å². The van der Waals surface area contributed by atoms with E-state index in [1.54, 1.807) is 13.0 Å². The van der Waals surface area contributed by atoms with Gasteiger partial charge in [0.25, 0.3) is 5.91 Å². The Balaban J connectivity index is 1.95. The number of halogens is 1. The highest BCUT2D eigenvalue weighted by atomic mass is 35.5. The number of hydrogen-bond donors (Lipinski definition) is 0. The van der Waals surface area contributed by atoms with Crippen LogP contribution in [0.1, 0.15) is 19.4 Å². The van der Waals surface area contributed by atoms with E-state index in [0.717, 1.165) is 38.3 Å². The van der Waals surface area contributed by atoms with Gasteiger partial charge in [-0.3, -0.25) is 4.79 Å². The molecule has 2 rings (SSSR count). The number of hydrogen-bond acceptors (Lipinski definition) is 3. The average Bonchev–Trinajstić information content (AvgIpc) is 2.50. The van der Waals surface area contributed by atoms with Crippen molar-refractivity contribution in [2.24, 2.45) is 0 Å². The van der Waals surface area contributed by atoms with Gasteiger partial charge in [0.05, 0.1) is 5.02 Å². The molecule has 0 spiro atoms. The van der Waals surface area contributed by atoms with Gasteiger partial charge in [-0.1, -0.05) is 24.6 Å². The van der Waals surface area contributed by atoms with Gasteiger partial charge >= 0.3 is 0 Å². The Morgan fingerprint density at radius 3 is 2.62 bits per heavy atom. The Morgan fingerprint density at radius 1 is 1.33 bits per heavy atom. The molecule has 1 aliphatic heterocycles. The highest BCUT2D eigenvalue weighted by Crippen LogP contribution is 2.26. The molecule has 1 amide bonds. The molecule has 116 valence electrons. The first-order valence-electron chi connectivity index (χ1n) is 7.45. The van der Waals surface area contributed by atoms with E-state index >= 15 is 0 Å². The standard InChI is InChI=1S/C16H23ClN2O2/c1-4-18-7-9-19(10-8-18)16(20)13(3)21-15-11-12(2)5-6-14(15)17/h5-6,11,13H,4,7-10H2,1-3H3. The molecular formula is C16H23ClN2O2. The van der Waals surface area contributed by atoms with Crippen LogP contribution in [-0.4, -0.2) is 54.5 Å². The van der Waals surface area contributed by atoms with Gasteiger partial charge in [0.1, 0.15) is 5.75 Å². The maximum Gasteiger partial charge on any atom is 0.263 e. The molecule has 5 heteroatoms. The lowest BCUT2D eigenvalue weighted by Gasteiger charge is -2.35. The largest absolute Gasteiger partial charge is 0.479 e. The van der Waals surface area contributed by atoms with E-state index in [-0.39, 0.29) is 5.91 Å². The molecule has 0 aliphatic carbocycles. The molecule has 21 heavy (non-hydrogen) atoms. The fourth-order valence-corrected chi connectivity index (χ4v) is 2.65. The molecule has 0 saturated carbocycles. The minimum atomic E-state index is -0.516. The van der Waals surface area contributed by atoms with Crippen molar-refractivity contribution in [1.82, 2.24) is 9.80 Å². The van der Waals surface area contributed by atoms with Gasteiger partial charge in [-0.2, -0.15) is 0 Å². The smallest absolute Gasteiger partial charge is 0.263 e. The molecule has 0 N–H and O–H groups in total. The maximum atomic E-state index is 12.4. The van der Waals surface area contributed by atoms with Crippen LogP contribution in [0.15, 0.2) is 18.2 Å². The molecule has 0 radical (unpaired) electrons. The van der Waals surface area contributed by atoms with E-state index in [9.17, 15) is 4.79 Å². The molecule has 1 unspecified atom stereocenters. The number of aryl methyl sites for hydroxylation is 1. The van der Waals surface area contributed by atoms with Crippen LogP contribution in [-0.2, 0) is 4.79 Å². The van der Waals surface area contributed by atoms with E-state index in [0.29, 0.717) is 10.8 Å². The number of rotatable bonds is 4. The first-order chi connectivity index (χ1) is 10.0. The molecule has 1 aliphatic rings. The van der Waals surface area contributed by atoms with Crippen molar-refractivity contribution in [2.75, 3.05) is 32.7 Å². The lowest BCUT2D eigenvalue weighted by atomic mass is 10.2. The normalized spacial score (nSPS) is 17.6. The molecule has 4 nitrogen and oxygen atoms in total. The SMILES string of the molecule is CCN1CCN(C(=O)C(C)Oc2cc(C)ccc2Cl)CC1. The van der Waals surface area contributed by atoms with Crippen LogP contribution in [0.3, 0.4) is 0 Å². The molecule has 0 aromatic heterocycles. The van der Waals surface area contributed by atoms with Gasteiger partial charge < -0.3 is 14.5 Å². The van der Waals surface area contributed by atoms with Crippen LogP contribution in [0.2, 0.25) is 5.02 Å². The number of amides is 1. The third-order valence-corrected chi connectivity index (χ3v) is 4.18. The van der Waals surface area contributed by atoms with E-state index in [1.165, 1.54) is 0 Å². The van der Waals surface area contributed by atoms with Crippen molar-refractivity contribution in [3.05, 3.63) is 28.8 Å². The molecule has 1 aromatic carbocycles. The van der Waals surface area contributed by atoms with Crippen molar-refractivity contribution in [3.63, 3.8) is 0 Å². The molecule has 1 heterocycles. The topological polar surface area (TPSA) is 32.8 Å². The van der Waals surface area contributed by atoms with E-state index in [4.69, 9.17) is 16.3 Å². The van der Waals surface area contributed by atoms with Crippen LogP contribution in [0.25, 0.3) is 0 Å². The number of nitrogens with zero attached hydrogens (tertiary/aromatic N) is 2. The zero-order chi connectivity index (χ0) is 15.4. The van der Waals surface area contributed by atoms with Crippen molar-refractivity contribution in [1.29, 1.82) is 0 Å². The number of piperazine rings is 1. The highest BCUT2D eigenvalue weighted by molar-refractivity contribution is 6.32. The summed E-state index contributed by atoms with van der Waals surface area (Å²) < 4.78 is 5.76. The average molecular weight is 311 g/mol. The predicted octanol–water partition coefficient (Wildman–Crippen LogP) is 2.58. The van der Waals surface area contributed by atoms with E-state index < -0.39 is 6.10 Å². The van der Waals surface area contributed by atoms with Gasteiger partial charge in [0.15, 0.2) is 6.10 Å². The van der Waals surface area contributed by atoms with Gasteiger partial charge in [0.2, 0.25) is 0 Å². The maximum absolute atomic E-state index is 12.4. The van der Waals surface area contributed by atoms with Crippen LogP contribution in [0.5, 0.6) is 5.75 Å². The fourth-order valence-electron chi connectivity index (χ4n) is 2.48. The summed E-state index contributed by atoms with van der Waals surface area (Å²) in [5.74, 6) is 0.605. The third kappa shape index (κ3) is 4.11. The Labute approximate surface area is 131 Å². The second-order valence-electron chi connectivity index (χ2n) is 5.45. The third-order valence-electron chi connectivity index (χ3n) is 3.87. The van der Waals surface area contributed by atoms with Crippen LogP contribution in [0, 0.1) is 6.92 Å².